The number of hydrogen-bond acceptors (Lipinski definition) is 2. The Bertz CT molecular complexity index is 143. The standard InChI is InChI=1S/C12H25NO/c1-10(9-14-3)13-11(2)12-7-5-4-6-8-12/h10-13H,4-9H2,1-3H3/t10-,11+/m0/s1. The van der Waals surface area contributed by atoms with Crippen molar-refractivity contribution >= 4 is 0 Å². The van der Waals surface area contributed by atoms with Gasteiger partial charge in [-0.25, -0.2) is 0 Å². The molecule has 1 rings (SSSR count). The molecule has 0 aliphatic heterocycles. The fourth-order valence-electron chi connectivity index (χ4n) is 2.52. The molecule has 0 aromatic heterocycles. The smallest absolute Gasteiger partial charge is 0.0613 e. The van der Waals surface area contributed by atoms with Crippen molar-refractivity contribution in [3.8, 4) is 0 Å². The maximum Gasteiger partial charge on any atom is 0.0613 e. The molecule has 0 spiro atoms. The quantitative estimate of drug-likeness (QED) is 0.735. The zero-order valence-corrected chi connectivity index (χ0v) is 9.88. The van der Waals surface area contributed by atoms with Crippen LogP contribution in [0.1, 0.15) is 46.0 Å². The second-order valence-electron chi connectivity index (χ2n) is 4.71. The Balaban J connectivity index is 2.21. The Hall–Kier alpha value is -0.0800. The summed E-state index contributed by atoms with van der Waals surface area (Å²) in [6, 6.07) is 1.14. The van der Waals surface area contributed by atoms with Gasteiger partial charge in [-0.1, -0.05) is 19.3 Å². The lowest BCUT2D eigenvalue weighted by Crippen LogP contribution is -2.42. The lowest BCUT2D eigenvalue weighted by atomic mass is 9.84. The summed E-state index contributed by atoms with van der Waals surface area (Å²) in [6.07, 6.45) is 7.11. The van der Waals surface area contributed by atoms with E-state index in [0.717, 1.165) is 12.5 Å². The molecule has 0 amide bonds. The van der Waals surface area contributed by atoms with Crippen molar-refractivity contribution in [1.29, 1.82) is 0 Å². The third kappa shape index (κ3) is 3.97. The molecule has 0 aromatic carbocycles. The summed E-state index contributed by atoms with van der Waals surface area (Å²) in [5, 5.41) is 3.63. The number of methoxy groups -OCH3 is 1. The van der Waals surface area contributed by atoms with Crippen molar-refractivity contribution in [3.05, 3.63) is 0 Å². The minimum atomic E-state index is 0.483. The van der Waals surface area contributed by atoms with Gasteiger partial charge in [0.1, 0.15) is 0 Å². The van der Waals surface area contributed by atoms with E-state index in [1.165, 1.54) is 32.1 Å². The highest BCUT2D eigenvalue weighted by molar-refractivity contribution is 4.77. The highest BCUT2D eigenvalue weighted by Gasteiger charge is 2.20. The monoisotopic (exact) mass is 199 g/mol. The van der Waals surface area contributed by atoms with Crippen LogP contribution in [0.15, 0.2) is 0 Å². The molecule has 0 heterocycles. The maximum atomic E-state index is 5.13. The summed E-state index contributed by atoms with van der Waals surface area (Å²) >= 11 is 0. The Morgan fingerprint density at radius 2 is 1.86 bits per heavy atom. The zero-order valence-electron chi connectivity index (χ0n) is 9.88. The molecular formula is C12H25NO. The van der Waals surface area contributed by atoms with Gasteiger partial charge in [0.15, 0.2) is 0 Å². The van der Waals surface area contributed by atoms with Crippen molar-refractivity contribution in [3.63, 3.8) is 0 Å². The van der Waals surface area contributed by atoms with E-state index in [2.05, 4.69) is 19.2 Å². The van der Waals surface area contributed by atoms with E-state index in [0.29, 0.717) is 12.1 Å². The van der Waals surface area contributed by atoms with Gasteiger partial charge in [0, 0.05) is 19.2 Å². The first-order chi connectivity index (χ1) is 6.74. The van der Waals surface area contributed by atoms with Gasteiger partial charge >= 0.3 is 0 Å². The van der Waals surface area contributed by atoms with Crippen LogP contribution in [0.2, 0.25) is 0 Å². The molecule has 0 radical (unpaired) electrons. The van der Waals surface area contributed by atoms with Gasteiger partial charge in [0.05, 0.1) is 6.61 Å². The van der Waals surface area contributed by atoms with Crippen LogP contribution in [0.4, 0.5) is 0 Å². The van der Waals surface area contributed by atoms with Crippen molar-refractivity contribution in [1.82, 2.24) is 5.32 Å². The summed E-state index contributed by atoms with van der Waals surface area (Å²) in [7, 11) is 1.77. The van der Waals surface area contributed by atoms with Gasteiger partial charge in [-0.05, 0) is 32.6 Å². The average molecular weight is 199 g/mol. The van der Waals surface area contributed by atoms with Gasteiger partial charge < -0.3 is 10.1 Å². The molecule has 2 heteroatoms. The molecule has 1 aliphatic rings. The van der Waals surface area contributed by atoms with E-state index >= 15 is 0 Å². The molecule has 1 fully saturated rings. The van der Waals surface area contributed by atoms with E-state index < -0.39 is 0 Å². The molecule has 1 saturated carbocycles. The molecule has 0 saturated heterocycles. The molecule has 0 bridgehead atoms. The van der Waals surface area contributed by atoms with Crippen molar-refractivity contribution in [2.24, 2.45) is 5.92 Å². The number of ether oxygens (including phenoxy) is 1. The normalized spacial score (nSPS) is 23.4. The predicted molar refractivity (Wildman–Crippen MR) is 60.5 cm³/mol. The molecule has 1 aliphatic carbocycles. The molecule has 14 heavy (non-hydrogen) atoms. The zero-order chi connectivity index (χ0) is 10.4. The SMILES string of the molecule is COC[C@H](C)N[C@H](C)C1CCCCC1. The van der Waals surface area contributed by atoms with Crippen molar-refractivity contribution in [2.45, 2.75) is 58.0 Å². The third-order valence-corrected chi connectivity index (χ3v) is 3.32. The van der Waals surface area contributed by atoms with Crippen LogP contribution in [-0.2, 0) is 4.74 Å². The molecule has 0 unspecified atom stereocenters. The number of rotatable bonds is 5. The van der Waals surface area contributed by atoms with Crippen molar-refractivity contribution in [2.75, 3.05) is 13.7 Å². The summed E-state index contributed by atoms with van der Waals surface area (Å²) in [5.74, 6) is 0.892. The highest BCUT2D eigenvalue weighted by atomic mass is 16.5. The summed E-state index contributed by atoms with van der Waals surface area (Å²) in [4.78, 5) is 0. The highest BCUT2D eigenvalue weighted by Crippen LogP contribution is 2.26. The van der Waals surface area contributed by atoms with E-state index in [4.69, 9.17) is 4.74 Å². The summed E-state index contributed by atoms with van der Waals surface area (Å²) in [5.41, 5.74) is 0. The third-order valence-electron chi connectivity index (χ3n) is 3.32. The first kappa shape index (κ1) is 12.0. The molecule has 1 N–H and O–H groups in total. The topological polar surface area (TPSA) is 21.3 Å². The van der Waals surface area contributed by atoms with Crippen LogP contribution in [0.25, 0.3) is 0 Å². The van der Waals surface area contributed by atoms with Gasteiger partial charge in [-0.3, -0.25) is 0 Å². The molecule has 2 nitrogen and oxygen atoms in total. The van der Waals surface area contributed by atoms with Crippen LogP contribution >= 0.6 is 0 Å². The van der Waals surface area contributed by atoms with Gasteiger partial charge in [-0.2, -0.15) is 0 Å². The largest absolute Gasteiger partial charge is 0.383 e. The molecular weight excluding hydrogens is 174 g/mol. The summed E-state index contributed by atoms with van der Waals surface area (Å²) in [6.45, 7) is 5.34. The number of nitrogens with one attached hydrogen (secondary N) is 1. The Kier molecular flexibility index (Phi) is 5.49. The van der Waals surface area contributed by atoms with Crippen LogP contribution in [0.3, 0.4) is 0 Å². The van der Waals surface area contributed by atoms with E-state index in [9.17, 15) is 0 Å². The Morgan fingerprint density at radius 3 is 2.43 bits per heavy atom. The second-order valence-corrected chi connectivity index (χ2v) is 4.71. The average Bonchev–Trinajstić information content (AvgIpc) is 2.19. The van der Waals surface area contributed by atoms with Gasteiger partial charge in [-0.15, -0.1) is 0 Å². The Morgan fingerprint density at radius 1 is 1.21 bits per heavy atom. The van der Waals surface area contributed by atoms with Crippen LogP contribution < -0.4 is 5.32 Å². The van der Waals surface area contributed by atoms with Crippen LogP contribution in [0, 0.1) is 5.92 Å². The van der Waals surface area contributed by atoms with Crippen LogP contribution in [0.5, 0.6) is 0 Å². The van der Waals surface area contributed by atoms with E-state index in [1.54, 1.807) is 7.11 Å². The molecule has 84 valence electrons. The van der Waals surface area contributed by atoms with Crippen molar-refractivity contribution < 1.29 is 4.74 Å². The first-order valence-corrected chi connectivity index (χ1v) is 5.99. The van der Waals surface area contributed by atoms with Gasteiger partial charge in [0.25, 0.3) is 0 Å². The summed E-state index contributed by atoms with van der Waals surface area (Å²) < 4.78 is 5.13. The van der Waals surface area contributed by atoms with E-state index in [1.807, 2.05) is 0 Å². The van der Waals surface area contributed by atoms with Crippen LogP contribution in [-0.4, -0.2) is 25.8 Å². The minimum absolute atomic E-state index is 0.483. The predicted octanol–water partition coefficient (Wildman–Crippen LogP) is 2.58. The fraction of sp³-hybridized carbons (Fsp3) is 1.00. The minimum Gasteiger partial charge on any atom is -0.383 e. The first-order valence-electron chi connectivity index (χ1n) is 5.99. The van der Waals surface area contributed by atoms with E-state index in [-0.39, 0.29) is 0 Å². The second kappa shape index (κ2) is 6.41. The lowest BCUT2D eigenvalue weighted by Gasteiger charge is -2.30. The lowest BCUT2D eigenvalue weighted by molar-refractivity contribution is 0.157. The Labute approximate surface area is 88.4 Å². The number of hydrogen-bond donors (Lipinski definition) is 1. The molecule has 0 aromatic rings. The van der Waals surface area contributed by atoms with Gasteiger partial charge in [0.2, 0.25) is 0 Å². The molecule has 2 atom stereocenters. The maximum absolute atomic E-state index is 5.13. The fourth-order valence-corrected chi connectivity index (χ4v) is 2.52.